The van der Waals surface area contributed by atoms with Gasteiger partial charge in [-0.15, -0.1) is 0 Å². The molecular formula is C10H8F2N4O. The highest BCUT2D eigenvalue weighted by atomic mass is 19.2. The molecule has 0 saturated carbocycles. The maximum absolute atomic E-state index is 13.2. The third-order valence-electron chi connectivity index (χ3n) is 2.08. The number of hydrogen-bond donors (Lipinski definition) is 2. The average molecular weight is 238 g/mol. The molecule has 0 saturated heterocycles. The van der Waals surface area contributed by atoms with Gasteiger partial charge in [0, 0.05) is 0 Å². The lowest BCUT2D eigenvalue weighted by atomic mass is 10.2. The number of amides is 1. The van der Waals surface area contributed by atoms with E-state index in [0.717, 1.165) is 6.07 Å². The smallest absolute Gasteiger partial charge is 0.254 e. The van der Waals surface area contributed by atoms with Crippen molar-refractivity contribution in [3.8, 4) is 0 Å². The number of hydrogen-bond acceptors (Lipinski definition) is 3. The van der Waals surface area contributed by atoms with E-state index in [1.807, 2.05) is 0 Å². The molecule has 2 N–H and O–H groups in total. The van der Waals surface area contributed by atoms with Crippen molar-refractivity contribution in [3.63, 3.8) is 0 Å². The maximum Gasteiger partial charge on any atom is 0.254 e. The highest BCUT2D eigenvalue weighted by Crippen LogP contribution is 2.11. The molecule has 0 spiro atoms. The Labute approximate surface area is 94.9 Å². The minimum Gasteiger partial charge on any atom is -0.345 e. The van der Waals surface area contributed by atoms with Crippen LogP contribution in [0.2, 0.25) is 0 Å². The summed E-state index contributed by atoms with van der Waals surface area (Å²) in [7, 11) is 0. The van der Waals surface area contributed by atoms with Crippen molar-refractivity contribution >= 4 is 5.91 Å². The monoisotopic (exact) mass is 238 g/mol. The number of benzene rings is 1. The van der Waals surface area contributed by atoms with Crippen LogP contribution in [0.1, 0.15) is 16.2 Å². The Morgan fingerprint density at radius 2 is 2.24 bits per heavy atom. The van der Waals surface area contributed by atoms with Gasteiger partial charge in [-0.2, -0.15) is 5.10 Å². The molecule has 0 aliphatic heterocycles. The van der Waals surface area contributed by atoms with Crippen LogP contribution in [0.15, 0.2) is 24.5 Å². The van der Waals surface area contributed by atoms with Crippen LogP contribution in [0.5, 0.6) is 0 Å². The third kappa shape index (κ3) is 2.44. The van der Waals surface area contributed by atoms with Crippen LogP contribution in [-0.4, -0.2) is 21.1 Å². The lowest BCUT2D eigenvalue weighted by molar-refractivity contribution is 0.0945. The predicted molar refractivity (Wildman–Crippen MR) is 53.9 cm³/mol. The molecule has 17 heavy (non-hydrogen) atoms. The largest absolute Gasteiger partial charge is 0.345 e. The molecule has 0 unspecified atom stereocenters. The van der Waals surface area contributed by atoms with E-state index in [2.05, 4.69) is 20.5 Å². The summed E-state index contributed by atoms with van der Waals surface area (Å²) in [5.41, 5.74) is -0.343. The summed E-state index contributed by atoms with van der Waals surface area (Å²) < 4.78 is 26.1. The lowest BCUT2D eigenvalue weighted by Gasteiger charge is -2.04. The number of carbonyl (C=O) groups excluding carboxylic acids is 1. The van der Waals surface area contributed by atoms with Crippen molar-refractivity contribution in [3.05, 3.63) is 47.5 Å². The molecular weight excluding hydrogens is 230 g/mol. The van der Waals surface area contributed by atoms with Crippen LogP contribution < -0.4 is 5.32 Å². The zero-order valence-corrected chi connectivity index (χ0v) is 8.58. The SMILES string of the molecule is O=C(NCc1ncn[nH]1)c1cccc(F)c1F. The zero-order chi connectivity index (χ0) is 12.3. The number of nitrogens with one attached hydrogen (secondary N) is 2. The highest BCUT2D eigenvalue weighted by molar-refractivity contribution is 5.94. The van der Waals surface area contributed by atoms with E-state index in [1.54, 1.807) is 0 Å². The zero-order valence-electron chi connectivity index (χ0n) is 8.58. The topological polar surface area (TPSA) is 70.7 Å². The van der Waals surface area contributed by atoms with E-state index in [4.69, 9.17) is 0 Å². The summed E-state index contributed by atoms with van der Waals surface area (Å²) in [6, 6.07) is 3.42. The number of rotatable bonds is 3. The molecule has 0 radical (unpaired) electrons. The number of H-pyrrole nitrogens is 1. The Bertz CT molecular complexity index is 527. The first kappa shape index (κ1) is 11.2. The van der Waals surface area contributed by atoms with Gasteiger partial charge in [0.15, 0.2) is 11.6 Å². The molecule has 0 fully saturated rings. The number of halogens is 2. The normalized spacial score (nSPS) is 10.2. The molecule has 1 aromatic heterocycles. The number of nitrogens with zero attached hydrogens (tertiary/aromatic N) is 2. The summed E-state index contributed by atoms with van der Waals surface area (Å²) in [6.07, 6.45) is 1.28. The van der Waals surface area contributed by atoms with E-state index in [9.17, 15) is 13.6 Å². The average Bonchev–Trinajstić information content (AvgIpc) is 2.82. The molecule has 0 aliphatic carbocycles. The molecule has 88 valence electrons. The molecule has 2 rings (SSSR count). The highest BCUT2D eigenvalue weighted by Gasteiger charge is 2.14. The predicted octanol–water partition coefficient (Wildman–Crippen LogP) is 1.01. The van der Waals surface area contributed by atoms with Crippen LogP contribution in [0.3, 0.4) is 0 Å². The lowest BCUT2D eigenvalue weighted by Crippen LogP contribution is -2.24. The second-order valence-corrected chi connectivity index (χ2v) is 3.22. The van der Waals surface area contributed by atoms with E-state index in [-0.39, 0.29) is 12.1 Å². The number of aromatic amines is 1. The molecule has 1 heterocycles. The molecule has 5 nitrogen and oxygen atoms in total. The Morgan fingerprint density at radius 3 is 2.94 bits per heavy atom. The van der Waals surface area contributed by atoms with E-state index in [1.165, 1.54) is 18.5 Å². The van der Waals surface area contributed by atoms with Gasteiger partial charge >= 0.3 is 0 Å². The first-order valence-electron chi connectivity index (χ1n) is 4.75. The van der Waals surface area contributed by atoms with Gasteiger partial charge < -0.3 is 5.32 Å². The van der Waals surface area contributed by atoms with Crippen molar-refractivity contribution < 1.29 is 13.6 Å². The maximum atomic E-state index is 13.2. The molecule has 1 amide bonds. The number of aromatic nitrogens is 3. The summed E-state index contributed by atoms with van der Waals surface area (Å²) in [5.74, 6) is -2.51. The van der Waals surface area contributed by atoms with Crippen molar-refractivity contribution in [2.75, 3.05) is 0 Å². The van der Waals surface area contributed by atoms with Crippen LogP contribution in [-0.2, 0) is 6.54 Å². The van der Waals surface area contributed by atoms with Crippen LogP contribution in [0.4, 0.5) is 8.78 Å². The minimum atomic E-state index is -1.16. The van der Waals surface area contributed by atoms with Gasteiger partial charge in [-0.05, 0) is 12.1 Å². The quantitative estimate of drug-likeness (QED) is 0.838. The Balaban J connectivity index is 2.07. The van der Waals surface area contributed by atoms with Crippen molar-refractivity contribution in [2.24, 2.45) is 0 Å². The van der Waals surface area contributed by atoms with Crippen LogP contribution in [0, 0.1) is 11.6 Å². The molecule has 1 aromatic carbocycles. The van der Waals surface area contributed by atoms with Gasteiger partial charge in [0.25, 0.3) is 5.91 Å². The fourth-order valence-corrected chi connectivity index (χ4v) is 1.25. The van der Waals surface area contributed by atoms with Crippen molar-refractivity contribution in [1.29, 1.82) is 0 Å². The van der Waals surface area contributed by atoms with Crippen LogP contribution >= 0.6 is 0 Å². The molecule has 0 atom stereocenters. The number of carbonyl (C=O) groups is 1. The van der Waals surface area contributed by atoms with E-state index >= 15 is 0 Å². The first-order valence-corrected chi connectivity index (χ1v) is 4.75. The Morgan fingerprint density at radius 1 is 1.41 bits per heavy atom. The van der Waals surface area contributed by atoms with Gasteiger partial charge in [0.1, 0.15) is 12.2 Å². The van der Waals surface area contributed by atoms with E-state index in [0.29, 0.717) is 5.82 Å². The van der Waals surface area contributed by atoms with Gasteiger partial charge in [0.2, 0.25) is 0 Å². The molecule has 2 aromatic rings. The van der Waals surface area contributed by atoms with Gasteiger partial charge in [-0.3, -0.25) is 9.89 Å². The Kier molecular flexibility index (Phi) is 3.08. The van der Waals surface area contributed by atoms with Crippen molar-refractivity contribution in [2.45, 2.75) is 6.54 Å². The fourth-order valence-electron chi connectivity index (χ4n) is 1.25. The van der Waals surface area contributed by atoms with Gasteiger partial charge in [0.05, 0.1) is 12.1 Å². The second kappa shape index (κ2) is 4.69. The van der Waals surface area contributed by atoms with Crippen LogP contribution in [0.25, 0.3) is 0 Å². The molecule has 0 bridgehead atoms. The standard InChI is InChI=1S/C10H8F2N4O/c11-7-3-1-2-6(9(7)12)10(17)13-4-8-14-5-15-16-8/h1-3,5H,4H2,(H,13,17)(H,14,15,16). The summed E-state index contributed by atoms with van der Waals surface area (Å²) in [6.45, 7) is 0.0643. The second-order valence-electron chi connectivity index (χ2n) is 3.22. The first-order chi connectivity index (χ1) is 8.18. The van der Waals surface area contributed by atoms with E-state index < -0.39 is 17.5 Å². The van der Waals surface area contributed by atoms with Crippen molar-refractivity contribution in [1.82, 2.24) is 20.5 Å². The Hall–Kier alpha value is -2.31. The minimum absolute atomic E-state index is 0.0643. The third-order valence-corrected chi connectivity index (χ3v) is 2.08. The summed E-state index contributed by atoms with van der Waals surface area (Å²) in [5, 5.41) is 8.50. The summed E-state index contributed by atoms with van der Waals surface area (Å²) in [4.78, 5) is 15.3. The molecule has 0 aliphatic rings. The van der Waals surface area contributed by atoms with Gasteiger partial charge in [-0.25, -0.2) is 13.8 Å². The van der Waals surface area contributed by atoms with Gasteiger partial charge in [-0.1, -0.05) is 6.07 Å². The molecule has 7 heteroatoms. The fraction of sp³-hybridized carbons (Fsp3) is 0.100. The summed E-state index contributed by atoms with van der Waals surface area (Å²) >= 11 is 0.